The molecule has 0 unspecified atom stereocenters. The van der Waals surface area contributed by atoms with Gasteiger partial charge in [-0.1, -0.05) is 25.1 Å². The van der Waals surface area contributed by atoms with Crippen molar-refractivity contribution >= 4 is 5.91 Å². The molecule has 1 heterocycles. The Bertz CT molecular complexity index is 400. The van der Waals surface area contributed by atoms with Gasteiger partial charge in [0.25, 0.3) is 5.91 Å². The first-order valence-corrected chi connectivity index (χ1v) is 6.89. The molecule has 0 bridgehead atoms. The maximum absolute atomic E-state index is 12.4. The van der Waals surface area contributed by atoms with Crippen molar-refractivity contribution in [1.29, 1.82) is 0 Å². The van der Waals surface area contributed by atoms with E-state index in [0.29, 0.717) is 6.42 Å². The van der Waals surface area contributed by atoms with E-state index in [2.05, 4.69) is 11.9 Å². The molecular formula is C15H22N2O2. The van der Waals surface area contributed by atoms with Gasteiger partial charge in [-0.3, -0.25) is 4.79 Å². The van der Waals surface area contributed by atoms with Crippen LogP contribution in [0.4, 0.5) is 0 Å². The summed E-state index contributed by atoms with van der Waals surface area (Å²) in [7, 11) is 2.08. The van der Waals surface area contributed by atoms with Gasteiger partial charge in [-0.25, -0.2) is 0 Å². The lowest BCUT2D eigenvalue weighted by molar-refractivity contribution is -0.140. The van der Waals surface area contributed by atoms with E-state index in [0.717, 1.165) is 31.9 Å². The molecule has 1 saturated heterocycles. The minimum Gasteiger partial charge on any atom is -0.481 e. The molecule has 0 aliphatic carbocycles. The van der Waals surface area contributed by atoms with Crippen LogP contribution in [0.1, 0.15) is 13.3 Å². The molecule has 0 N–H and O–H groups in total. The third-order valence-corrected chi connectivity index (χ3v) is 3.48. The molecule has 0 radical (unpaired) electrons. The average Bonchev–Trinajstić information content (AvgIpc) is 2.46. The van der Waals surface area contributed by atoms with E-state index >= 15 is 0 Å². The van der Waals surface area contributed by atoms with Crippen molar-refractivity contribution in [1.82, 2.24) is 9.80 Å². The molecule has 4 nitrogen and oxygen atoms in total. The zero-order chi connectivity index (χ0) is 13.7. The SMILES string of the molecule is CC[C@H](Oc1ccccc1)C(=O)N1CCN(C)CC1. The van der Waals surface area contributed by atoms with E-state index in [-0.39, 0.29) is 12.0 Å². The number of piperazine rings is 1. The van der Waals surface area contributed by atoms with Gasteiger partial charge in [0.05, 0.1) is 0 Å². The fourth-order valence-corrected chi connectivity index (χ4v) is 2.20. The Morgan fingerprint density at radius 1 is 1.21 bits per heavy atom. The van der Waals surface area contributed by atoms with Gasteiger partial charge in [-0.15, -0.1) is 0 Å². The number of carbonyl (C=O) groups is 1. The highest BCUT2D eigenvalue weighted by Gasteiger charge is 2.26. The number of rotatable bonds is 4. The lowest BCUT2D eigenvalue weighted by Gasteiger charge is -2.34. The molecule has 0 saturated carbocycles. The molecule has 0 aromatic heterocycles. The average molecular weight is 262 g/mol. The summed E-state index contributed by atoms with van der Waals surface area (Å²) < 4.78 is 5.80. The summed E-state index contributed by atoms with van der Waals surface area (Å²) in [4.78, 5) is 16.6. The summed E-state index contributed by atoms with van der Waals surface area (Å²) in [5.41, 5.74) is 0. The summed E-state index contributed by atoms with van der Waals surface area (Å²) >= 11 is 0. The highest BCUT2D eigenvalue weighted by molar-refractivity contribution is 5.81. The van der Waals surface area contributed by atoms with Gasteiger partial charge < -0.3 is 14.5 Å². The highest BCUT2D eigenvalue weighted by Crippen LogP contribution is 2.14. The van der Waals surface area contributed by atoms with Gasteiger partial charge in [-0.2, -0.15) is 0 Å². The smallest absolute Gasteiger partial charge is 0.263 e. The van der Waals surface area contributed by atoms with Crippen LogP contribution in [0.2, 0.25) is 0 Å². The minimum absolute atomic E-state index is 0.111. The first-order chi connectivity index (χ1) is 9.20. The fraction of sp³-hybridized carbons (Fsp3) is 0.533. The van der Waals surface area contributed by atoms with Crippen molar-refractivity contribution < 1.29 is 9.53 Å². The second-order valence-electron chi connectivity index (χ2n) is 4.96. The largest absolute Gasteiger partial charge is 0.481 e. The van der Waals surface area contributed by atoms with E-state index in [1.165, 1.54) is 0 Å². The molecule has 0 spiro atoms. The van der Waals surface area contributed by atoms with E-state index in [4.69, 9.17) is 4.74 Å². The maximum Gasteiger partial charge on any atom is 0.263 e. The van der Waals surface area contributed by atoms with Crippen molar-refractivity contribution in [2.45, 2.75) is 19.4 Å². The molecule has 104 valence electrons. The lowest BCUT2D eigenvalue weighted by Crippen LogP contribution is -2.51. The summed E-state index contributed by atoms with van der Waals surface area (Å²) in [6, 6.07) is 9.56. The van der Waals surface area contributed by atoms with Crippen LogP contribution in [0.15, 0.2) is 30.3 Å². The van der Waals surface area contributed by atoms with Crippen molar-refractivity contribution in [3.05, 3.63) is 30.3 Å². The van der Waals surface area contributed by atoms with E-state index < -0.39 is 0 Å². The number of carbonyl (C=O) groups excluding carboxylic acids is 1. The van der Waals surface area contributed by atoms with E-state index in [9.17, 15) is 4.79 Å². The van der Waals surface area contributed by atoms with Gasteiger partial charge in [-0.05, 0) is 25.6 Å². The molecular weight excluding hydrogens is 240 g/mol. The molecule has 1 aliphatic rings. The van der Waals surface area contributed by atoms with Crippen molar-refractivity contribution in [2.75, 3.05) is 33.2 Å². The zero-order valence-electron chi connectivity index (χ0n) is 11.7. The summed E-state index contributed by atoms with van der Waals surface area (Å²) in [6.45, 7) is 5.45. The topological polar surface area (TPSA) is 32.8 Å². The number of hydrogen-bond donors (Lipinski definition) is 0. The highest BCUT2D eigenvalue weighted by atomic mass is 16.5. The molecule has 1 amide bonds. The normalized spacial score (nSPS) is 18.1. The lowest BCUT2D eigenvalue weighted by atomic mass is 10.2. The Kier molecular flexibility index (Phi) is 4.80. The van der Waals surface area contributed by atoms with Crippen molar-refractivity contribution in [3.8, 4) is 5.75 Å². The standard InChI is InChI=1S/C15H22N2O2/c1-3-14(19-13-7-5-4-6-8-13)15(18)17-11-9-16(2)10-12-17/h4-8,14H,3,9-12H2,1-2H3/t14-/m0/s1. The van der Waals surface area contributed by atoms with E-state index in [1.807, 2.05) is 42.2 Å². The predicted octanol–water partition coefficient (Wildman–Crippen LogP) is 1.62. The first-order valence-electron chi connectivity index (χ1n) is 6.89. The van der Waals surface area contributed by atoms with Crippen molar-refractivity contribution in [3.63, 3.8) is 0 Å². The van der Waals surface area contributed by atoms with Crippen molar-refractivity contribution in [2.24, 2.45) is 0 Å². The molecule has 1 atom stereocenters. The number of ether oxygens (including phenoxy) is 1. The van der Waals surface area contributed by atoms with Crippen LogP contribution in [-0.2, 0) is 4.79 Å². The molecule has 19 heavy (non-hydrogen) atoms. The Balaban J connectivity index is 1.95. The molecule has 2 rings (SSSR count). The number of amides is 1. The summed E-state index contributed by atoms with van der Waals surface area (Å²) in [6.07, 6.45) is 0.325. The van der Waals surface area contributed by atoms with Crippen LogP contribution in [-0.4, -0.2) is 55.0 Å². The van der Waals surface area contributed by atoms with Crippen LogP contribution >= 0.6 is 0 Å². The quantitative estimate of drug-likeness (QED) is 0.826. The number of benzene rings is 1. The molecule has 1 aromatic carbocycles. The van der Waals surface area contributed by atoms with Gasteiger partial charge >= 0.3 is 0 Å². The number of nitrogens with zero attached hydrogens (tertiary/aromatic N) is 2. The van der Waals surface area contributed by atoms with Crippen LogP contribution in [0.3, 0.4) is 0 Å². The van der Waals surface area contributed by atoms with Crippen LogP contribution in [0.5, 0.6) is 5.75 Å². The van der Waals surface area contributed by atoms with Crippen LogP contribution in [0, 0.1) is 0 Å². The number of para-hydroxylation sites is 1. The second-order valence-corrected chi connectivity index (χ2v) is 4.96. The monoisotopic (exact) mass is 262 g/mol. The number of hydrogen-bond acceptors (Lipinski definition) is 3. The third-order valence-electron chi connectivity index (χ3n) is 3.48. The Morgan fingerprint density at radius 2 is 1.84 bits per heavy atom. The zero-order valence-corrected chi connectivity index (χ0v) is 11.7. The fourth-order valence-electron chi connectivity index (χ4n) is 2.20. The van der Waals surface area contributed by atoms with Crippen LogP contribution in [0.25, 0.3) is 0 Å². The maximum atomic E-state index is 12.4. The van der Waals surface area contributed by atoms with Gasteiger partial charge in [0, 0.05) is 26.2 Å². The van der Waals surface area contributed by atoms with Gasteiger partial charge in [0.2, 0.25) is 0 Å². The third kappa shape index (κ3) is 3.70. The minimum atomic E-state index is -0.370. The second kappa shape index (κ2) is 6.57. The summed E-state index contributed by atoms with van der Waals surface area (Å²) in [5.74, 6) is 0.872. The Labute approximate surface area is 115 Å². The first kappa shape index (κ1) is 13.9. The van der Waals surface area contributed by atoms with E-state index in [1.54, 1.807) is 0 Å². The molecule has 4 heteroatoms. The predicted molar refractivity (Wildman–Crippen MR) is 75.2 cm³/mol. The van der Waals surface area contributed by atoms with Crippen LogP contribution < -0.4 is 4.74 Å². The molecule has 1 fully saturated rings. The molecule has 1 aliphatic heterocycles. The van der Waals surface area contributed by atoms with Gasteiger partial charge in [0.15, 0.2) is 6.10 Å². The molecule has 1 aromatic rings. The Hall–Kier alpha value is -1.55. The number of likely N-dealkylation sites (N-methyl/N-ethyl adjacent to an activating group) is 1. The van der Waals surface area contributed by atoms with Gasteiger partial charge in [0.1, 0.15) is 5.75 Å². The Morgan fingerprint density at radius 3 is 2.42 bits per heavy atom. The summed E-state index contributed by atoms with van der Waals surface area (Å²) in [5, 5.41) is 0.